The molecule has 3 nitrogen and oxygen atoms in total. The number of benzene rings is 1. The van der Waals surface area contributed by atoms with Crippen LogP contribution in [0.3, 0.4) is 0 Å². The van der Waals surface area contributed by atoms with Crippen LogP contribution in [-0.4, -0.2) is 17.1 Å². The van der Waals surface area contributed by atoms with E-state index in [1.54, 1.807) is 19.2 Å². The summed E-state index contributed by atoms with van der Waals surface area (Å²) in [7, 11) is 1.56. The van der Waals surface area contributed by atoms with Crippen molar-refractivity contribution < 1.29 is 9.13 Å². The Morgan fingerprint density at radius 2 is 2.05 bits per heavy atom. The van der Waals surface area contributed by atoms with E-state index in [0.29, 0.717) is 26.0 Å². The van der Waals surface area contributed by atoms with Crippen molar-refractivity contribution in [3.63, 3.8) is 0 Å². The van der Waals surface area contributed by atoms with Gasteiger partial charge in [0.25, 0.3) is 0 Å². The molecule has 0 amide bonds. The molecule has 0 atom stereocenters. The normalized spacial score (nSPS) is 10.8. The lowest BCUT2D eigenvalue weighted by Gasteiger charge is -2.08. The Balaban J connectivity index is 2.52. The van der Waals surface area contributed by atoms with Crippen LogP contribution in [0, 0.1) is 5.82 Å². The van der Waals surface area contributed by atoms with E-state index < -0.39 is 0 Å². The van der Waals surface area contributed by atoms with E-state index in [-0.39, 0.29) is 17.6 Å². The van der Waals surface area contributed by atoms with Gasteiger partial charge in [0, 0.05) is 12.7 Å². The van der Waals surface area contributed by atoms with Crippen LogP contribution in [0.4, 0.5) is 4.39 Å². The summed E-state index contributed by atoms with van der Waals surface area (Å²) in [6.45, 7) is 0.287. The Hall–Kier alpha value is -0.560. The predicted octanol–water partition coefficient (Wildman–Crippen LogP) is 4.61. The topological polar surface area (TPSA) is 35.0 Å². The fraction of sp³-hybridized carbons (Fsp3) is 0.167. The van der Waals surface area contributed by atoms with E-state index >= 15 is 0 Å². The lowest BCUT2D eigenvalue weighted by molar-refractivity contribution is 0.181. The number of rotatable bonds is 3. The van der Waals surface area contributed by atoms with Gasteiger partial charge in [0.2, 0.25) is 0 Å². The Morgan fingerprint density at radius 1 is 1.32 bits per heavy atom. The monoisotopic (exact) mass is 408 g/mol. The number of hydrogen-bond donors (Lipinski definition) is 0. The van der Waals surface area contributed by atoms with Gasteiger partial charge in [-0.25, -0.2) is 14.4 Å². The zero-order valence-electron chi connectivity index (χ0n) is 9.75. The van der Waals surface area contributed by atoms with Gasteiger partial charge in [0.15, 0.2) is 5.82 Å². The summed E-state index contributed by atoms with van der Waals surface area (Å²) in [5.74, 6) is -0.0277. The minimum Gasteiger partial charge on any atom is -0.378 e. The van der Waals surface area contributed by atoms with E-state index in [1.165, 1.54) is 6.07 Å². The van der Waals surface area contributed by atoms with Crippen molar-refractivity contribution in [1.29, 1.82) is 0 Å². The predicted molar refractivity (Wildman–Crippen MR) is 78.5 cm³/mol. The van der Waals surface area contributed by atoms with E-state index in [4.69, 9.17) is 16.3 Å². The van der Waals surface area contributed by atoms with Crippen LogP contribution in [0.15, 0.2) is 27.1 Å². The highest BCUT2D eigenvalue weighted by Gasteiger charge is 2.13. The summed E-state index contributed by atoms with van der Waals surface area (Å²) in [5, 5.41) is 0.264. The lowest BCUT2D eigenvalue weighted by Crippen LogP contribution is -2.00. The first-order chi connectivity index (χ1) is 9.02. The van der Waals surface area contributed by atoms with Crippen molar-refractivity contribution in [2.75, 3.05) is 7.11 Å². The Morgan fingerprint density at radius 3 is 2.68 bits per heavy atom. The second-order valence-corrected chi connectivity index (χ2v) is 5.67. The van der Waals surface area contributed by atoms with Crippen LogP contribution in [-0.2, 0) is 11.3 Å². The van der Waals surface area contributed by atoms with Gasteiger partial charge in [0.05, 0.1) is 21.2 Å². The first kappa shape index (κ1) is 14.8. The minimum absolute atomic E-state index is 0.264. The van der Waals surface area contributed by atoms with Gasteiger partial charge in [-0.15, -0.1) is 0 Å². The molecule has 2 rings (SSSR count). The molecule has 7 heteroatoms. The first-order valence-corrected chi connectivity index (χ1v) is 7.15. The minimum atomic E-state index is -0.381. The summed E-state index contributed by atoms with van der Waals surface area (Å²) in [4.78, 5) is 8.44. The third-order valence-electron chi connectivity index (χ3n) is 2.34. The largest absolute Gasteiger partial charge is 0.378 e. The average molecular weight is 410 g/mol. The molecule has 1 heterocycles. The number of ether oxygens (including phenoxy) is 1. The fourth-order valence-electron chi connectivity index (χ4n) is 1.46. The van der Waals surface area contributed by atoms with Gasteiger partial charge >= 0.3 is 0 Å². The van der Waals surface area contributed by atoms with Gasteiger partial charge in [-0.3, -0.25) is 0 Å². The van der Waals surface area contributed by atoms with Gasteiger partial charge < -0.3 is 4.74 Å². The fourth-order valence-corrected chi connectivity index (χ4v) is 2.19. The summed E-state index contributed by atoms with van der Waals surface area (Å²) >= 11 is 12.4. The van der Waals surface area contributed by atoms with Gasteiger partial charge in [-0.05, 0) is 50.1 Å². The van der Waals surface area contributed by atoms with E-state index in [2.05, 4.69) is 41.8 Å². The zero-order chi connectivity index (χ0) is 14.0. The standard InChI is InChI=1S/C12H8Br2ClFN2O/c1-19-5-9-10(14)11(15)18-12(17-9)6-2-3-7(13)8(16)4-6/h2-4H,5H2,1H3. The summed E-state index contributed by atoms with van der Waals surface area (Å²) in [5.41, 5.74) is 1.16. The molecule has 19 heavy (non-hydrogen) atoms. The van der Waals surface area contributed by atoms with Gasteiger partial charge in [-0.2, -0.15) is 0 Å². The number of hydrogen-bond acceptors (Lipinski definition) is 3. The van der Waals surface area contributed by atoms with Crippen LogP contribution < -0.4 is 0 Å². The number of halogens is 4. The molecule has 0 bridgehead atoms. The molecule has 0 radical (unpaired) electrons. The van der Waals surface area contributed by atoms with Crippen LogP contribution in [0.1, 0.15) is 5.69 Å². The van der Waals surface area contributed by atoms with Crippen LogP contribution in [0.2, 0.25) is 5.15 Å². The van der Waals surface area contributed by atoms with Crippen molar-refractivity contribution in [1.82, 2.24) is 9.97 Å². The summed E-state index contributed by atoms with van der Waals surface area (Å²) in [6.07, 6.45) is 0. The molecule has 0 N–H and O–H groups in total. The SMILES string of the molecule is COCc1nc(-c2ccc(Br)c(F)c2)nc(Cl)c1Br. The van der Waals surface area contributed by atoms with Crippen LogP contribution in [0.5, 0.6) is 0 Å². The van der Waals surface area contributed by atoms with Crippen molar-refractivity contribution in [2.24, 2.45) is 0 Å². The Labute approximate surface area is 131 Å². The summed E-state index contributed by atoms with van der Waals surface area (Å²) in [6, 6.07) is 4.66. The highest BCUT2D eigenvalue weighted by Crippen LogP contribution is 2.28. The van der Waals surface area contributed by atoms with E-state index in [0.717, 1.165) is 0 Å². The molecule has 0 aliphatic heterocycles. The molecule has 0 fully saturated rings. The molecule has 1 aromatic carbocycles. The number of nitrogens with zero attached hydrogens (tertiary/aromatic N) is 2. The molecule has 0 spiro atoms. The lowest BCUT2D eigenvalue weighted by atomic mass is 10.2. The van der Waals surface area contributed by atoms with Crippen molar-refractivity contribution >= 4 is 43.5 Å². The molecule has 0 saturated heterocycles. The van der Waals surface area contributed by atoms with E-state index in [1.807, 2.05) is 0 Å². The first-order valence-electron chi connectivity index (χ1n) is 5.19. The van der Waals surface area contributed by atoms with Crippen LogP contribution >= 0.6 is 43.5 Å². The second-order valence-electron chi connectivity index (χ2n) is 3.66. The quantitative estimate of drug-likeness (QED) is 0.694. The molecule has 100 valence electrons. The average Bonchev–Trinajstić information content (AvgIpc) is 2.38. The molecule has 0 aliphatic carbocycles. The molecule has 0 aliphatic rings. The molecular formula is C12H8Br2ClFN2O. The van der Waals surface area contributed by atoms with E-state index in [9.17, 15) is 4.39 Å². The van der Waals surface area contributed by atoms with Crippen LogP contribution in [0.25, 0.3) is 11.4 Å². The highest BCUT2D eigenvalue weighted by molar-refractivity contribution is 9.10. The zero-order valence-corrected chi connectivity index (χ0v) is 13.7. The van der Waals surface area contributed by atoms with Crippen molar-refractivity contribution in [3.05, 3.63) is 43.8 Å². The molecule has 2 aromatic rings. The third kappa shape index (κ3) is 3.31. The maximum Gasteiger partial charge on any atom is 0.161 e. The Bertz CT molecular complexity index is 625. The second kappa shape index (κ2) is 6.26. The molecule has 0 saturated carbocycles. The Kier molecular flexibility index (Phi) is 4.89. The highest BCUT2D eigenvalue weighted by atomic mass is 79.9. The molecule has 1 aromatic heterocycles. The molecule has 0 unspecified atom stereocenters. The smallest absolute Gasteiger partial charge is 0.161 e. The van der Waals surface area contributed by atoms with Crippen molar-refractivity contribution in [3.8, 4) is 11.4 Å². The maximum absolute atomic E-state index is 13.5. The van der Waals surface area contributed by atoms with Crippen molar-refractivity contribution in [2.45, 2.75) is 6.61 Å². The maximum atomic E-state index is 13.5. The third-order valence-corrected chi connectivity index (χ3v) is 4.32. The number of aromatic nitrogens is 2. The molecular weight excluding hydrogens is 402 g/mol. The van der Waals surface area contributed by atoms with Gasteiger partial charge in [0.1, 0.15) is 11.0 Å². The van der Waals surface area contributed by atoms with Gasteiger partial charge in [-0.1, -0.05) is 11.6 Å². The summed E-state index contributed by atoms with van der Waals surface area (Å²) < 4.78 is 19.5. The number of methoxy groups -OCH3 is 1.